The third-order valence-electron chi connectivity index (χ3n) is 4.60. The summed E-state index contributed by atoms with van der Waals surface area (Å²) >= 11 is 0. The predicted octanol–water partition coefficient (Wildman–Crippen LogP) is 2.42. The quantitative estimate of drug-likeness (QED) is 0.847. The number of aromatic nitrogens is 4. The van der Waals surface area contributed by atoms with Gasteiger partial charge < -0.3 is 10.6 Å². The fraction of sp³-hybridized carbons (Fsp3) is 0.471. The van der Waals surface area contributed by atoms with Gasteiger partial charge in [0.1, 0.15) is 6.33 Å². The maximum atomic E-state index is 12.6. The predicted molar refractivity (Wildman–Crippen MR) is 89.0 cm³/mol. The van der Waals surface area contributed by atoms with Crippen LogP contribution in [0, 0.1) is 5.92 Å². The van der Waals surface area contributed by atoms with E-state index in [1.54, 1.807) is 18.6 Å². The third kappa shape index (κ3) is 3.34. The lowest BCUT2D eigenvalue weighted by atomic mass is 9.85. The Hall–Kier alpha value is -2.57. The van der Waals surface area contributed by atoms with Crippen LogP contribution in [0.5, 0.6) is 0 Å². The number of anilines is 2. The Morgan fingerprint density at radius 1 is 1.12 bits per heavy atom. The molecule has 124 valence electrons. The van der Waals surface area contributed by atoms with E-state index in [4.69, 9.17) is 0 Å². The molecule has 2 aromatic rings. The van der Waals surface area contributed by atoms with Gasteiger partial charge in [-0.15, -0.1) is 0 Å². The second-order valence-corrected chi connectivity index (χ2v) is 6.53. The molecule has 0 atom stereocenters. The Morgan fingerprint density at radius 3 is 2.58 bits per heavy atom. The molecule has 0 spiro atoms. The van der Waals surface area contributed by atoms with E-state index in [2.05, 4.69) is 30.6 Å². The summed E-state index contributed by atoms with van der Waals surface area (Å²) in [6, 6.07) is 0. The molecular weight excluding hydrogens is 304 g/mol. The number of nitrogens with one attached hydrogen (secondary N) is 2. The van der Waals surface area contributed by atoms with Gasteiger partial charge in [-0.3, -0.25) is 4.79 Å². The molecule has 0 aliphatic heterocycles. The molecule has 7 nitrogen and oxygen atoms in total. The van der Waals surface area contributed by atoms with Gasteiger partial charge in [-0.2, -0.15) is 0 Å². The summed E-state index contributed by atoms with van der Waals surface area (Å²) in [6.45, 7) is 0.710. The first-order valence-electron chi connectivity index (χ1n) is 8.47. The van der Waals surface area contributed by atoms with Crippen LogP contribution in [0.3, 0.4) is 0 Å². The Labute approximate surface area is 140 Å². The zero-order valence-electron chi connectivity index (χ0n) is 13.4. The first-order valence-corrected chi connectivity index (χ1v) is 8.47. The highest BCUT2D eigenvalue weighted by atomic mass is 16.1. The zero-order chi connectivity index (χ0) is 16.4. The third-order valence-corrected chi connectivity index (χ3v) is 4.60. The van der Waals surface area contributed by atoms with E-state index in [0.29, 0.717) is 35.6 Å². The summed E-state index contributed by atoms with van der Waals surface area (Å²) in [5.41, 5.74) is 1.93. The topological polar surface area (TPSA) is 92.7 Å². The van der Waals surface area contributed by atoms with Crippen molar-refractivity contribution in [3.8, 4) is 0 Å². The number of hydrogen-bond donors (Lipinski definition) is 2. The first-order chi connectivity index (χ1) is 11.8. The van der Waals surface area contributed by atoms with Crippen molar-refractivity contribution in [3.63, 3.8) is 0 Å². The first kappa shape index (κ1) is 15.0. The van der Waals surface area contributed by atoms with Gasteiger partial charge in [0.2, 0.25) is 0 Å². The molecule has 0 radical (unpaired) electrons. The van der Waals surface area contributed by atoms with Gasteiger partial charge in [0.25, 0.3) is 5.91 Å². The summed E-state index contributed by atoms with van der Waals surface area (Å²) in [7, 11) is 0. The monoisotopic (exact) mass is 324 g/mol. The van der Waals surface area contributed by atoms with Crippen LogP contribution in [-0.2, 0) is 0 Å². The van der Waals surface area contributed by atoms with E-state index in [-0.39, 0.29) is 5.91 Å². The minimum atomic E-state index is -0.170. The molecule has 0 unspecified atom stereocenters. The summed E-state index contributed by atoms with van der Waals surface area (Å²) in [5, 5.41) is 6.10. The second-order valence-electron chi connectivity index (χ2n) is 6.53. The van der Waals surface area contributed by atoms with E-state index < -0.39 is 0 Å². The normalized spacial score (nSPS) is 17.2. The molecular formula is C17H20N6O. The Kier molecular flexibility index (Phi) is 4.06. The minimum Gasteiger partial charge on any atom is -0.350 e. The SMILES string of the molecule is O=C(NCC1CCC1)c1nc(C2CC2)cnc1Nc1cncnc1. The number of hydrogen-bond acceptors (Lipinski definition) is 6. The highest BCUT2D eigenvalue weighted by molar-refractivity contribution is 5.97. The molecule has 0 bridgehead atoms. The van der Waals surface area contributed by atoms with E-state index >= 15 is 0 Å². The van der Waals surface area contributed by atoms with Crippen LogP contribution < -0.4 is 10.6 Å². The Morgan fingerprint density at radius 2 is 1.92 bits per heavy atom. The summed E-state index contributed by atoms with van der Waals surface area (Å²) in [6.07, 6.45) is 12.4. The van der Waals surface area contributed by atoms with Crippen LogP contribution in [0.25, 0.3) is 0 Å². The van der Waals surface area contributed by atoms with Crippen LogP contribution in [-0.4, -0.2) is 32.4 Å². The molecule has 1 amide bonds. The number of rotatable bonds is 6. The lowest BCUT2D eigenvalue weighted by molar-refractivity contribution is 0.0934. The van der Waals surface area contributed by atoms with Crippen molar-refractivity contribution >= 4 is 17.4 Å². The van der Waals surface area contributed by atoms with Gasteiger partial charge in [0.15, 0.2) is 11.5 Å². The van der Waals surface area contributed by atoms with Crippen molar-refractivity contribution in [2.24, 2.45) is 5.92 Å². The van der Waals surface area contributed by atoms with Crippen molar-refractivity contribution in [1.29, 1.82) is 0 Å². The molecule has 4 rings (SSSR count). The van der Waals surface area contributed by atoms with Crippen LogP contribution in [0.15, 0.2) is 24.9 Å². The highest BCUT2D eigenvalue weighted by Gasteiger charge is 2.28. The maximum Gasteiger partial charge on any atom is 0.273 e. The van der Waals surface area contributed by atoms with Crippen molar-refractivity contribution in [3.05, 3.63) is 36.3 Å². The molecule has 2 fully saturated rings. The van der Waals surface area contributed by atoms with E-state index in [9.17, 15) is 4.79 Å². The molecule has 2 heterocycles. The smallest absolute Gasteiger partial charge is 0.273 e. The average Bonchev–Trinajstić information content (AvgIpc) is 3.39. The summed E-state index contributed by atoms with van der Waals surface area (Å²) < 4.78 is 0. The van der Waals surface area contributed by atoms with Gasteiger partial charge in [0, 0.05) is 12.5 Å². The minimum absolute atomic E-state index is 0.170. The van der Waals surface area contributed by atoms with Crippen LogP contribution >= 0.6 is 0 Å². The fourth-order valence-corrected chi connectivity index (χ4v) is 2.75. The second kappa shape index (κ2) is 6.51. The van der Waals surface area contributed by atoms with Crippen LogP contribution in [0.4, 0.5) is 11.5 Å². The average molecular weight is 324 g/mol. The number of amides is 1. The summed E-state index contributed by atoms with van der Waals surface area (Å²) in [5.74, 6) is 1.33. The van der Waals surface area contributed by atoms with Crippen molar-refractivity contribution < 1.29 is 4.79 Å². The Bertz CT molecular complexity index is 727. The fourth-order valence-electron chi connectivity index (χ4n) is 2.75. The lowest BCUT2D eigenvalue weighted by Crippen LogP contribution is -2.33. The van der Waals surface area contributed by atoms with Crippen LogP contribution in [0.1, 0.15) is 54.2 Å². The molecule has 2 aromatic heterocycles. The molecule has 7 heteroatoms. The molecule has 24 heavy (non-hydrogen) atoms. The summed E-state index contributed by atoms with van der Waals surface area (Å²) in [4.78, 5) is 29.5. The maximum absolute atomic E-state index is 12.6. The van der Waals surface area contributed by atoms with Gasteiger partial charge in [-0.1, -0.05) is 6.42 Å². The largest absolute Gasteiger partial charge is 0.350 e. The molecule has 2 N–H and O–H groups in total. The number of carbonyl (C=O) groups excluding carboxylic acids is 1. The van der Waals surface area contributed by atoms with Crippen LogP contribution in [0.2, 0.25) is 0 Å². The van der Waals surface area contributed by atoms with Crippen molar-refractivity contribution in [2.45, 2.75) is 38.0 Å². The molecule has 2 aliphatic carbocycles. The van der Waals surface area contributed by atoms with Crippen molar-refractivity contribution in [2.75, 3.05) is 11.9 Å². The highest BCUT2D eigenvalue weighted by Crippen LogP contribution is 2.39. The number of nitrogens with zero attached hydrogens (tertiary/aromatic N) is 4. The molecule has 2 aliphatic rings. The molecule has 2 saturated carbocycles. The molecule has 0 aromatic carbocycles. The molecule has 0 saturated heterocycles. The Balaban J connectivity index is 1.55. The van der Waals surface area contributed by atoms with E-state index in [1.807, 2.05) is 0 Å². The zero-order valence-corrected chi connectivity index (χ0v) is 13.4. The van der Waals surface area contributed by atoms with Gasteiger partial charge in [0.05, 0.1) is 30.0 Å². The van der Waals surface area contributed by atoms with E-state index in [0.717, 1.165) is 18.5 Å². The van der Waals surface area contributed by atoms with Crippen molar-refractivity contribution in [1.82, 2.24) is 25.3 Å². The van der Waals surface area contributed by atoms with E-state index in [1.165, 1.54) is 25.6 Å². The van der Waals surface area contributed by atoms with Gasteiger partial charge in [-0.05, 0) is 31.6 Å². The number of carbonyl (C=O) groups is 1. The lowest BCUT2D eigenvalue weighted by Gasteiger charge is -2.25. The standard InChI is InChI=1S/C17H20N6O/c24-17(21-6-11-2-1-3-11)15-16(22-13-7-18-10-19-8-13)20-9-14(23-15)12-4-5-12/h7-12H,1-6H2,(H,20,22)(H,21,24). The van der Waals surface area contributed by atoms with Gasteiger partial charge in [-0.25, -0.2) is 19.9 Å². The van der Waals surface area contributed by atoms with Gasteiger partial charge >= 0.3 is 0 Å².